The zero-order chi connectivity index (χ0) is 15.5. The second kappa shape index (κ2) is 6.59. The first-order valence-electron chi connectivity index (χ1n) is 8.36. The quantitative estimate of drug-likeness (QED) is 0.740. The summed E-state index contributed by atoms with van der Waals surface area (Å²) in [4.78, 5) is 14.6. The van der Waals surface area contributed by atoms with Gasteiger partial charge in [0.2, 0.25) is 0 Å². The van der Waals surface area contributed by atoms with Gasteiger partial charge in [-0.1, -0.05) is 0 Å². The molecule has 2 aliphatic rings. The second-order valence-corrected chi connectivity index (χ2v) is 6.30. The lowest BCUT2D eigenvalue weighted by Crippen LogP contribution is -2.44. The van der Waals surface area contributed by atoms with Crippen LogP contribution < -0.4 is 9.47 Å². The van der Waals surface area contributed by atoms with E-state index in [1.807, 2.05) is 31.2 Å². The van der Waals surface area contributed by atoms with Crippen molar-refractivity contribution < 1.29 is 14.3 Å². The summed E-state index contributed by atoms with van der Waals surface area (Å²) in [7, 11) is 0. The van der Waals surface area contributed by atoms with E-state index >= 15 is 0 Å². The van der Waals surface area contributed by atoms with Gasteiger partial charge in [-0.25, -0.2) is 0 Å². The molecule has 0 aromatic heterocycles. The molecule has 0 saturated heterocycles. The zero-order valence-corrected chi connectivity index (χ0v) is 13.5. The molecule has 0 N–H and O–H groups in total. The SMILES string of the molecule is CCOc1ccc(OCC(=O)N(C2CC2)C(C)C2CC2)cc1. The van der Waals surface area contributed by atoms with Crippen molar-refractivity contribution >= 4 is 5.91 Å². The molecule has 1 aromatic carbocycles. The van der Waals surface area contributed by atoms with Gasteiger partial charge in [0.05, 0.1) is 6.61 Å². The van der Waals surface area contributed by atoms with Gasteiger partial charge in [-0.15, -0.1) is 0 Å². The Morgan fingerprint density at radius 1 is 1.14 bits per heavy atom. The molecule has 1 unspecified atom stereocenters. The van der Waals surface area contributed by atoms with Crippen molar-refractivity contribution in [1.82, 2.24) is 4.90 Å². The Bertz CT molecular complexity index is 506. The fourth-order valence-corrected chi connectivity index (χ4v) is 2.94. The van der Waals surface area contributed by atoms with E-state index in [-0.39, 0.29) is 12.5 Å². The fraction of sp³-hybridized carbons (Fsp3) is 0.611. The number of hydrogen-bond donors (Lipinski definition) is 0. The molecule has 1 amide bonds. The molecule has 2 aliphatic carbocycles. The van der Waals surface area contributed by atoms with Crippen LogP contribution in [-0.2, 0) is 4.79 Å². The molecule has 2 fully saturated rings. The van der Waals surface area contributed by atoms with Gasteiger partial charge in [-0.05, 0) is 69.7 Å². The average molecular weight is 303 g/mol. The number of carbonyl (C=O) groups is 1. The van der Waals surface area contributed by atoms with Crippen LogP contribution in [0.1, 0.15) is 39.5 Å². The van der Waals surface area contributed by atoms with Crippen LogP contribution in [0.2, 0.25) is 0 Å². The molecule has 4 nitrogen and oxygen atoms in total. The van der Waals surface area contributed by atoms with Crippen LogP contribution in [0.4, 0.5) is 0 Å². The van der Waals surface area contributed by atoms with E-state index in [2.05, 4.69) is 11.8 Å². The van der Waals surface area contributed by atoms with Gasteiger partial charge in [0.1, 0.15) is 11.5 Å². The fourth-order valence-electron chi connectivity index (χ4n) is 2.94. The number of rotatable bonds is 8. The molecule has 2 saturated carbocycles. The van der Waals surface area contributed by atoms with Crippen LogP contribution >= 0.6 is 0 Å². The Balaban J connectivity index is 1.53. The van der Waals surface area contributed by atoms with Crippen LogP contribution in [0, 0.1) is 5.92 Å². The Hall–Kier alpha value is -1.71. The van der Waals surface area contributed by atoms with Gasteiger partial charge in [-0.3, -0.25) is 4.79 Å². The van der Waals surface area contributed by atoms with Crippen molar-refractivity contribution in [1.29, 1.82) is 0 Å². The van der Waals surface area contributed by atoms with Crippen molar-refractivity contribution in [3.05, 3.63) is 24.3 Å². The first kappa shape index (κ1) is 15.2. The van der Waals surface area contributed by atoms with Crippen molar-refractivity contribution in [2.45, 2.75) is 51.6 Å². The summed E-state index contributed by atoms with van der Waals surface area (Å²) < 4.78 is 11.1. The summed E-state index contributed by atoms with van der Waals surface area (Å²) in [6.45, 7) is 4.91. The monoisotopic (exact) mass is 303 g/mol. The maximum absolute atomic E-state index is 12.5. The van der Waals surface area contributed by atoms with Gasteiger partial charge < -0.3 is 14.4 Å². The molecule has 0 aliphatic heterocycles. The maximum atomic E-state index is 12.5. The Kier molecular flexibility index (Phi) is 4.55. The number of amides is 1. The van der Waals surface area contributed by atoms with Gasteiger partial charge in [0.15, 0.2) is 6.61 Å². The summed E-state index contributed by atoms with van der Waals surface area (Å²) in [5, 5.41) is 0. The normalized spacial score (nSPS) is 18.6. The molecule has 4 heteroatoms. The first-order chi connectivity index (χ1) is 10.7. The zero-order valence-electron chi connectivity index (χ0n) is 13.5. The van der Waals surface area contributed by atoms with Crippen LogP contribution in [-0.4, -0.2) is 36.1 Å². The number of carbonyl (C=O) groups excluding carboxylic acids is 1. The maximum Gasteiger partial charge on any atom is 0.261 e. The van der Waals surface area contributed by atoms with E-state index in [4.69, 9.17) is 9.47 Å². The lowest BCUT2D eigenvalue weighted by Gasteiger charge is -2.29. The standard InChI is InChI=1S/C18H25NO3/c1-3-21-16-8-10-17(11-9-16)22-12-18(20)19(15-6-7-15)13(2)14-4-5-14/h8-11,13-15H,3-7,12H2,1-2H3. The third-order valence-corrected chi connectivity index (χ3v) is 4.47. The predicted octanol–water partition coefficient (Wildman–Crippen LogP) is 3.25. The third-order valence-electron chi connectivity index (χ3n) is 4.47. The minimum absolute atomic E-state index is 0.121. The number of ether oxygens (including phenoxy) is 2. The van der Waals surface area contributed by atoms with Gasteiger partial charge in [0.25, 0.3) is 5.91 Å². The van der Waals surface area contributed by atoms with E-state index < -0.39 is 0 Å². The highest BCUT2D eigenvalue weighted by Gasteiger charge is 2.41. The lowest BCUT2D eigenvalue weighted by atomic mass is 10.1. The lowest BCUT2D eigenvalue weighted by molar-refractivity contribution is -0.136. The summed E-state index contributed by atoms with van der Waals surface area (Å²) >= 11 is 0. The minimum Gasteiger partial charge on any atom is -0.494 e. The van der Waals surface area contributed by atoms with Gasteiger partial charge in [0, 0.05) is 12.1 Å². The van der Waals surface area contributed by atoms with E-state index in [0.29, 0.717) is 30.4 Å². The molecule has 22 heavy (non-hydrogen) atoms. The first-order valence-corrected chi connectivity index (χ1v) is 8.36. The highest BCUT2D eigenvalue weighted by atomic mass is 16.5. The van der Waals surface area contributed by atoms with E-state index in [1.165, 1.54) is 12.8 Å². The van der Waals surface area contributed by atoms with Crippen molar-refractivity contribution in [3.63, 3.8) is 0 Å². The molecule has 0 bridgehead atoms. The minimum atomic E-state index is 0.121. The Labute approximate surface area is 132 Å². The van der Waals surface area contributed by atoms with Gasteiger partial charge in [-0.2, -0.15) is 0 Å². The second-order valence-electron chi connectivity index (χ2n) is 6.30. The van der Waals surface area contributed by atoms with Crippen LogP contribution in [0.15, 0.2) is 24.3 Å². The average Bonchev–Trinajstić information content (AvgIpc) is 3.39. The Morgan fingerprint density at radius 2 is 1.73 bits per heavy atom. The molecule has 0 radical (unpaired) electrons. The highest BCUT2D eigenvalue weighted by Crippen LogP contribution is 2.39. The summed E-state index contributed by atoms with van der Waals surface area (Å²) in [6.07, 6.45) is 4.81. The van der Waals surface area contributed by atoms with E-state index in [9.17, 15) is 4.79 Å². The molecule has 0 spiro atoms. The van der Waals surface area contributed by atoms with Crippen LogP contribution in [0.25, 0.3) is 0 Å². The molecular formula is C18H25NO3. The summed E-state index contributed by atoms with van der Waals surface area (Å²) in [6, 6.07) is 8.26. The number of nitrogens with zero attached hydrogens (tertiary/aromatic N) is 1. The number of benzene rings is 1. The summed E-state index contributed by atoms with van der Waals surface area (Å²) in [5.74, 6) is 2.36. The van der Waals surface area contributed by atoms with Gasteiger partial charge >= 0.3 is 0 Å². The summed E-state index contributed by atoms with van der Waals surface area (Å²) in [5.41, 5.74) is 0. The smallest absolute Gasteiger partial charge is 0.261 e. The molecule has 120 valence electrons. The van der Waals surface area contributed by atoms with Crippen molar-refractivity contribution in [2.24, 2.45) is 5.92 Å². The molecule has 3 rings (SSSR count). The molecule has 0 heterocycles. The topological polar surface area (TPSA) is 38.8 Å². The highest BCUT2D eigenvalue weighted by molar-refractivity contribution is 5.79. The van der Waals surface area contributed by atoms with Crippen molar-refractivity contribution in [2.75, 3.05) is 13.2 Å². The molecular weight excluding hydrogens is 278 g/mol. The largest absolute Gasteiger partial charge is 0.494 e. The molecule has 1 atom stereocenters. The van der Waals surface area contributed by atoms with E-state index in [1.54, 1.807) is 0 Å². The Morgan fingerprint density at radius 3 is 2.23 bits per heavy atom. The third kappa shape index (κ3) is 3.73. The van der Waals surface area contributed by atoms with Crippen molar-refractivity contribution in [3.8, 4) is 11.5 Å². The molecule has 1 aromatic rings. The predicted molar refractivity (Wildman–Crippen MR) is 85.2 cm³/mol. The van der Waals surface area contributed by atoms with Crippen LogP contribution in [0.3, 0.4) is 0 Å². The number of hydrogen-bond acceptors (Lipinski definition) is 3. The van der Waals surface area contributed by atoms with E-state index in [0.717, 1.165) is 18.6 Å². The van der Waals surface area contributed by atoms with Crippen LogP contribution in [0.5, 0.6) is 11.5 Å².